The van der Waals surface area contributed by atoms with E-state index in [1.807, 2.05) is 4.90 Å². The van der Waals surface area contributed by atoms with Crippen molar-refractivity contribution < 1.29 is 23.9 Å². The summed E-state index contributed by atoms with van der Waals surface area (Å²) in [5.74, 6) is 0.0576. The van der Waals surface area contributed by atoms with Gasteiger partial charge in [0.05, 0.1) is 19.3 Å². The van der Waals surface area contributed by atoms with Crippen molar-refractivity contribution in [2.75, 3.05) is 39.8 Å². The molecule has 4 unspecified atom stereocenters. The summed E-state index contributed by atoms with van der Waals surface area (Å²) in [7, 11) is 1.57. The first kappa shape index (κ1) is 23.5. The first-order valence-electron chi connectivity index (χ1n) is 11.7. The molecule has 3 fully saturated rings. The highest BCUT2D eigenvalue weighted by Gasteiger charge is 2.50. The molecule has 33 heavy (non-hydrogen) atoms. The van der Waals surface area contributed by atoms with E-state index in [9.17, 15) is 14.4 Å². The normalized spacial score (nSPS) is 30.6. The largest absolute Gasteiger partial charge is 0.497 e. The van der Waals surface area contributed by atoms with E-state index in [1.165, 1.54) is 0 Å². The lowest BCUT2D eigenvalue weighted by molar-refractivity contribution is -0.140. The van der Waals surface area contributed by atoms with Gasteiger partial charge in [0.2, 0.25) is 5.91 Å². The monoisotopic (exact) mass is 458 g/mol. The highest BCUT2D eigenvalue weighted by molar-refractivity contribution is 6.09. The molecule has 0 spiro atoms. The minimum absolute atomic E-state index is 0.0868. The third-order valence-electron chi connectivity index (χ3n) is 6.90. The fraction of sp³-hybridized carbons (Fsp3) is 0.625. The molecule has 4 rings (SSSR count). The number of carbonyl (C=O) groups excluding carboxylic acids is 3. The Bertz CT molecular complexity index is 897. The van der Waals surface area contributed by atoms with Gasteiger partial charge in [-0.3, -0.25) is 19.4 Å². The van der Waals surface area contributed by atoms with Crippen LogP contribution < -0.4 is 10.1 Å². The van der Waals surface area contributed by atoms with Gasteiger partial charge in [0.1, 0.15) is 17.8 Å². The van der Waals surface area contributed by atoms with Crippen LogP contribution in [0.15, 0.2) is 24.3 Å². The topological polar surface area (TPSA) is 91.4 Å². The Balaban J connectivity index is 1.41. The number of hydrogen-bond acceptors (Lipinski definition) is 6. The van der Waals surface area contributed by atoms with Crippen molar-refractivity contribution >= 4 is 17.8 Å². The Morgan fingerprint density at radius 3 is 2.48 bits per heavy atom. The molecule has 0 aromatic heterocycles. The molecule has 0 aliphatic carbocycles. The number of benzene rings is 1. The predicted molar refractivity (Wildman–Crippen MR) is 122 cm³/mol. The van der Waals surface area contributed by atoms with Gasteiger partial charge >= 0.3 is 6.03 Å². The first-order valence-corrected chi connectivity index (χ1v) is 11.7. The Morgan fingerprint density at radius 1 is 1.18 bits per heavy atom. The average molecular weight is 459 g/mol. The summed E-state index contributed by atoms with van der Waals surface area (Å²) in [6, 6.07) is 6.54. The summed E-state index contributed by atoms with van der Waals surface area (Å²) in [5, 5.41) is 2.77. The minimum Gasteiger partial charge on any atom is -0.497 e. The van der Waals surface area contributed by atoms with Gasteiger partial charge in [-0.25, -0.2) is 4.79 Å². The van der Waals surface area contributed by atoms with Gasteiger partial charge in [-0.15, -0.1) is 0 Å². The zero-order chi connectivity index (χ0) is 23.8. The maximum atomic E-state index is 13.2. The number of nitrogens with one attached hydrogen (secondary N) is 1. The summed E-state index contributed by atoms with van der Waals surface area (Å²) in [6.07, 6.45) is 2.19. The number of morpholine rings is 1. The van der Waals surface area contributed by atoms with Crippen LogP contribution in [0.25, 0.3) is 0 Å². The second kappa shape index (κ2) is 9.30. The zero-order valence-corrected chi connectivity index (χ0v) is 19.9. The fourth-order valence-electron chi connectivity index (χ4n) is 5.27. The number of urea groups is 1. The summed E-state index contributed by atoms with van der Waals surface area (Å²) >= 11 is 0. The molecule has 1 aromatic carbocycles. The van der Waals surface area contributed by atoms with Crippen LogP contribution >= 0.6 is 0 Å². The van der Waals surface area contributed by atoms with Crippen LogP contribution in [0.2, 0.25) is 0 Å². The van der Waals surface area contributed by atoms with Crippen LogP contribution in [0.5, 0.6) is 5.75 Å². The maximum absolute atomic E-state index is 13.2. The van der Waals surface area contributed by atoms with Gasteiger partial charge in [0, 0.05) is 32.2 Å². The number of hydrogen-bond donors (Lipinski definition) is 1. The summed E-state index contributed by atoms with van der Waals surface area (Å²) < 4.78 is 11.0. The van der Waals surface area contributed by atoms with Gasteiger partial charge in [0.15, 0.2) is 0 Å². The van der Waals surface area contributed by atoms with E-state index in [2.05, 4.69) is 24.1 Å². The van der Waals surface area contributed by atoms with Crippen LogP contribution in [0, 0.1) is 0 Å². The molecule has 3 heterocycles. The van der Waals surface area contributed by atoms with E-state index in [0.29, 0.717) is 17.9 Å². The third-order valence-corrected chi connectivity index (χ3v) is 6.90. The van der Waals surface area contributed by atoms with E-state index in [0.717, 1.165) is 37.4 Å². The van der Waals surface area contributed by atoms with Crippen LogP contribution in [-0.2, 0) is 19.9 Å². The molecule has 0 radical (unpaired) electrons. The van der Waals surface area contributed by atoms with Crippen LogP contribution in [0.1, 0.15) is 39.2 Å². The number of methoxy groups -OCH3 is 1. The van der Waals surface area contributed by atoms with Crippen molar-refractivity contribution in [3.05, 3.63) is 29.8 Å². The molecule has 3 aliphatic heterocycles. The van der Waals surface area contributed by atoms with Crippen molar-refractivity contribution in [1.82, 2.24) is 20.0 Å². The Hall–Kier alpha value is -2.65. The number of ether oxygens (including phenoxy) is 2. The Labute approximate surface area is 195 Å². The molecule has 9 nitrogen and oxygen atoms in total. The lowest BCUT2D eigenvalue weighted by Crippen LogP contribution is -2.52. The van der Waals surface area contributed by atoms with Crippen molar-refractivity contribution in [2.24, 2.45) is 0 Å². The zero-order valence-electron chi connectivity index (χ0n) is 19.9. The number of nitrogens with zero attached hydrogens (tertiary/aromatic N) is 3. The quantitative estimate of drug-likeness (QED) is 0.651. The first-order chi connectivity index (χ1) is 15.7. The van der Waals surface area contributed by atoms with Crippen LogP contribution in [-0.4, -0.2) is 90.6 Å². The third kappa shape index (κ3) is 4.70. The Morgan fingerprint density at radius 2 is 1.85 bits per heavy atom. The van der Waals surface area contributed by atoms with Crippen molar-refractivity contribution in [3.63, 3.8) is 0 Å². The number of likely N-dealkylation sites (tertiary alicyclic amines) is 1. The standard InChI is InChI=1S/C24H34N4O5/c1-16-12-26(13-17(2)33-16)14-19-6-5-11-27(19)21(29)15-28-22(30)24(3,25-23(28)31)18-7-9-20(32-4)10-8-18/h7-10,16-17,19H,5-6,11-15H2,1-4H3,(H,25,31). The molecular weight excluding hydrogens is 424 g/mol. The Kier molecular flexibility index (Phi) is 6.63. The van der Waals surface area contributed by atoms with Crippen molar-refractivity contribution in [3.8, 4) is 5.75 Å². The number of amides is 4. The van der Waals surface area contributed by atoms with Gasteiger partial charge in [-0.05, 0) is 51.3 Å². The molecule has 3 saturated heterocycles. The molecule has 180 valence electrons. The molecule has 0 bridgehead atoms. The molecule has 1 aromatic rings. The second-order valence-corrected chi connectivity index (χ2v) is 9.53. The molecular formula is C24H34N4O5. The number of carbonyl (C=O) groups is 3. The summed E-state index contributed by atoms with van der Waals surface area (Å²) in [5.41, 5.74) is -0.570. The minimum atomic E-state index is -1.21. The average Bonchev–Trinajstić information content (AvgIpc) is 3.31. The number of imide groups is 1. The highest BCUT2D eigenvalue weighted by atomic mass is 16.5. The lowest BCUT2D eigenvalue weighted by atomic mass is 9.92. The summed E-state index contributed by atoms with van der Waals surface area (Å²) in [6.45, 7) is 8.68. The lowest BCUT2D eigenvalue weighted by Gasteiger charge is -2.38. The van der Waals surface area contributed by atoms with Gasteiger partial charge in [0.25, 0.3) is 5.91 Å². The number of rotatable bonds is 6. The summed E-state index contributed by atoms with van der Waals surface area (Å²) in [4.78, 5) is 44.4. The molecule has 4 atom stereocenters. The van der Waals surface area contributed by atoms with Gasteiger partial charge in [-0.2, -0.15) is 0 Å². The smallest absolute Gasteiger partial charge is 0.325 e. The highest BCUT2D eigenvalue weighted by Crippen LogP contribution is 2.30. The van der Waals surface area contributed by atoms with Crippen LogP contribution in [0.3, 0.4) is 0 Å². The molecule has 3 aliphatic rings. The van der Waals surface area contributed by atoms with E-state index in [-0.39, 0.29) is 30.7 Å². The second-order valence-electron chi connectivity index (χ2n) is 9.53. The van der Waals surface area contributed by atoms with Crippen LogP contribution in [0.4, 0.5) is 4.79 Å². The van der Waals surface area contributed by atoms with E-state index >= 15 is 0 Å². The molecule has 0 saturated carbocycles. The maximum Gasteiger partial charge on any atom is 0.325 e. The van der Waals surface area contributed by atoms with Crippen molar-refractivity contribution in [1.29, 1.82) is 0 Å². The van der Waals surface area contributed by atoms with E-state index < -0.39 is 17.5 Å². The fourth-order valence-corrected chi connectivity index (χ4v) is 5.27. The molecule has 9 heteroatoms. The van der Waals surface area contributed by atoms with E-state index in [1.54, 1.807) is 38.3 Å². The SMILES string of the molecule is COc1ccc(C2(C)NC(=O)N(CC(=O)N3CCCC3CN3CC(C)OC(C)C3)C2=O)cc1. The van der Waals surface area contributed by atoms with Gasteiger partial charge < -0.3 is 19.7 Å². The van der Waals surface area contributed by atoms with Crippen molar-refractivity contribution in [2.45, 2.75) is 57.4 Å². The molecule has 1 N–H and O–H groups in total. The molecule has 4 amide bonds. The predicted octanol–water partition coefficient (Wildman–Crippen LogP) is 1.56. The van der Waals surface area contributed by atoms with Gasteiger partial charge in [-0.1, -0.05) is 12.1 Å². The van der Waals surface area contributed by atoms with E-state index in [4.69, 9.17) is 9.47 Å².